The van der Waals surface area contributed by atoms with Crippen molar-refractivity contribution in [2.45, 2.75) is 0 Å². The maximum absolute atomic E-state index is 12.6. The zero-order valence-electron chi connectivity index (χ0n) is 12.3. The first-order valence-corrected chi connectivity index (χ1v) is 9.15. The third-order valence-electron chi connectivity index (χ3n) is 3.26. The number of carbonyl (C=O) groups is 1. The number of aromatic nitrogens is 2. The lowest BCUT2D eigenvalue weighted by molar-refractivity contribution is 0.0993. The van der Waals surface area contributed by atoms with Crippen molar-refractivity contribution in [3.8, 4) is 10.6 Å². The molecule has 24 heavy (non-hydrogen) atoms. The molecule has 1 amide bonds. The van der Waals surface area contributed by atoms with E-state index in [4.69, 9.17) is 23.2 Å². The highest BCUT2D eigenvalue weighted by atomic mass is 79.9. The normalized spacial score (nSPS) is 10.7. The molecule has 0 N–H and O–H groups in total. The first-order valence-electron chi connectivity index (χ1n) is 6.78. The molecule has 3 aromatic rings. The predicted octanol–water partition coefficient (Wildman–Crippen LogP) is 5.55. The van der Waals surface area contributed by atoms with Crippen LogP contribution in [0.4, 0.5) is 5.13 Å². The molecule has 0 saturated carbocycles. The fourth-order valence-electron chi connectivity index (χ4n) is 1.99. The molecule has 0 saturated heterocycles. The highest BCUT2D eigenvalue weighted by Gasteiger charge is 2.20. The maximum atomic E-state index is 12.6. The number of rotatable bonds is 3. The Labute approximate surface area is 161 Å². The Kier molecular flexibility index (Phi) is 5.20. The average molecular weight is 443 g/mol. The smallest absolute Gasteiger partial charge is 0.261 e. The van der Waals surface area contributed by atoms with Gasteiger partial charge >= 0.3 is 0 Å². The summed E-state index contributed by atoms with van der Waals surface area (Å²) in [6.07, 6.45) is 0. The van der Waals surface area contributed by atoms with Gasteiger partial charge in [-0.3, -0.25) is 9.69 Å². The summed E-state index contributed by atoms with van der Waals surface area (Å²) in [4.78, 5) is 14.0. The van der Waals surface area contributed by atoms with Crippen molar-refractivity contribution in [2.24, 2.45) is 0 Å². The molecule has 1 aromatic heterocycles. The van der Waals surface area contributed by atoms with Crippen molar-refractivity contribution in [3.63, 3.8) is 0 Å². The molecule has 122 valence electrons. The van der Waals surface area contributed by atoms with E-state index in [1.54, 1.807) is 19.2 Å². The van der Waals surface area contributed by atoms with Gasteiger partial charge in [0.05, 0.1) is 10.6 Å². The summed E-state index contributed by atoms with van der Waals surface area (Å²) in [6.45, 7) is 0. The van der Waals surface area contributed by atoms with Gasteiger partial charge < -0.3 is 0 Å². The highest BCUT2D eigenvalue weighted by Crippen LogP contribution is 2.30. The summed E-state index contributed by atoms with van der Waals surface area (Å²) in [5, 5.41) is 10.3. The van der Waals surface area contributed by atoms with Crippen molar-refractivity contribution < 1.29 is 4.79 Å². The van der Waals surface area contributed by atoms with Crippen LogP contribution < -0.4 is 4.90 Å². The zero-order valence-corrected chi connectivity index (χ0v) is 16.2. The van der Waals surface area contributed by atoms with Crippen molar-refractivity contribution in [3.05, 3.63) is 62.5 Å². The summed E-state index contributed by atoms with van der Waals surface area (Å²) in [7, 11) is 1.64. The third-order valence-corrected chi connectivity index (χ3v) is 5.38. The molecular weight excluding hydrogens is 433 g/mol. The molecule has 0 spiro atoms. The Bertz CT molecular complexity index is 899. The number of carbonyl (C=O) groups excluding carboxylic acids is 1. The molecule has 0 atom stereocenters. The van der Waals surface area contributed by atoms with Gasteiger partial charge in [0.15, 0.2) is 0 Å². The first-order chi connectivity index (χ1) is 11.5. The van der Waals surface area contributed by atoms with Gasteiger partial charge in [-0.05, 0) is 30.3 Å². The molecule has 0 aliphatic heterocycles. The molecule has 4 nitrogen and oxygen atoms in total. The van der Waals surface area contributed by atoms with Gasteiger partial charge in [0.2, 0.25) is 5.13 Å². The van der Waals surface area contributed by atoms with E-state index in [0.29, 0.717) is 20.7 Å². The molecule has 0 fully saturated rings. The highest BCUT2D eigenvalue weighted by molar-refractivity contribution is 9.10. The monoisotopic (exact) mass is 441 g/mol. The molecule has 0 bridgehead atoms. The molecule has 0 unspecified atom stereocenters. The Morgan fingerprint density at radius 2 is 1.83 bits per heavy atom. The average Bonchev–Trinajstić information content (AvgIpc) is 3.04. The van der Waals surface area contributed by atoms with E-state index in [0.717, 1.165) is 15.0 Å². The third kappa shape index (κ3) is 3.62. The molecule has 8 heteroatoms. The molecule has 2 aromatic carbocycles. The van der Waals surface area contributed by atoms with Crippen molar-refractivity contribution in [2.75, 3.05) is 11.9 Å². The second kappa shape index (κ2) is 7.19. The van der Waals surface area contributed by atoms with Crippen LogP contribution in [0.5, 0.6) is 0 Å². The van der Waals surface area contributed by atoms with E-state index in [-0.39, 0.29) is 5.91 Å². The minimum absolute atomic E-state index is 0.268. The van der Waals surface area contributed by atoms with Crippen LogP contribution in [0.1, 0.15) is 10.4 Å². The molecule has 0 aliphatic rings. The Morgan fingerprint density at radius 3 is 2.50 bits per heavy atom. The Morgan fingerprint density at radius 1 is 1.12 bits per heavy atom. The number of hydrogen-bond donors (Lipinski definition) is 0. The Hall–Kier alpha value is -1.47. The standard InChI is InChI=1S/C16H10BrCl2N3OS/c1-22(15(23)12-7-6-11(18)8-13(12)19)16-21-20-14(24-16)9-2-4-10(17)5-3-9/h2-8H,1H3. The fraction of sp³-hybridized carbons (Fsp3) is 0.0625. The van der Waals surface area contributed by atoms with E-state index in [2.05, 4.69) is 26.1 Å². The quantitative estimate of drug-likeness (QED) is 0.534. The minimum Gasteiger partial charge on any atom is -0.286 e. The number of anilines is 1. The van der Waals surface area contributed by atoms with Gasteiger partial charge in [-0.1, -0.05) is 62.6 Å². The van der Waals surface area contributed by atoms with E-state index in [1.807, 2.05) is 24.3 Å². The largest absolute Gasteiger partial charge is 0.286 e. The van der Waals surface area contributed by atoms with Crippen molar-refractivity contribution in [1.29, 1.82) is 0 Å². The second-order valence-electron chi connectivity index (χ2n) is 4.89. The lowest BCUT2D eigenvalue weighted by atomic mass is 10.2. The molecule has 0 radical (unpaired) electrons. The first kappa shape index (κ1) is 17.4. The van der Waals surface area contributed by atoms with Gasteiger partial charge in [0.25, 0.3) is 5.91 Å². The van der Waals surface area contributed by atoms with E-state index >= 15 is 0 Å². The SMILES string of the molecule is CN(C(=O)c1ccc(Cl)cc1Cl)c1nnc(-c2ccc(Br)cc2)s1. The lowest BCUT2D eigenvalue weighted by Gasteiger charge is -2.14. The summed E-state index contributed by atoms with van der Waals surface area (Å²) >= 11 is 16.7. The maximum Gasteiger partial charge on any atom is 0.261 e. The van der Waals surface area contributed by atoms with Crippen LogP contribution in [0, 0.1) is 0 Å². The van der Waals surface area contributed by atoms with Gasteiger partial charge in [0, 0.05) is 22.1 Å². The van der Waals surface area contributed by atoms with Crippen molar-refractivity contribution >= 4 is 61.5 Å². The minimum atomic E-state index is -0.268. The molecule has 1 heterocycles. The number of benzene rings is 2. The summed E-state index contributed by atoms with van der Waals surface area (Å²) in [6, 6.07) is 12.5. The van der Waals surface area contributed by atoms with Crippen LogP contribution in [0.2, 0.25) is 10.0 Å². The van der Waals surface area contributed by atoms with Crippen LogP contribution >= 0.6 is 50.5 Å². The second-order valence-corrected chi connectivity index (χ2v) is 7.60. The number of nitrogens with zero attached hydrogens (tertiary/aromatic N) is 3. The van der Waals surface area contributed by atoms with E-state index in [1.165, 1.54) is 22.3 Å². The summed E-state index contributed by atoms with van der Waals surface area (Å²) < 4.78 is 0.987. The summed E-state index contributed by atoms with van der Waals surface area (Å²) in [5.74, 6) is -0.268. The number of halogens is 3. The van der Waals surface area contributed by atoms with Gasteiger partial charge in [-0.15, -0.1) is 10.2 Å². The van der Waals surface area contributed by atoms with Crippen LogP contribution in [-0.4, -0.2) is 23.2 Å². The lowest BCUT2D eigenvalue weighted by Crippen LogP contribution is -2.26. The van der Waals surface area contributed by atoms with Gasteiger partial charge in [-0.2, -0.15) is 0 Å². The fourth-order valence-corrected chi connectivity index (χ4v) is 3.55. The van der Waals surface area contributed by atoms with Crippen LogP contribution in [0.25, 0.3) is 10.6 Å². The predicted molar refractivity (Wildman–Crippen MR) is 102 cm³/mol. The van der Waals surface area contributed by atoms with Gasteiger partial charge in [0.1, 0.15) is 5.01 Å². The number of hydrogen-bond acceptors (Lipinski definition) is 4. The molecular formula is C16H10BrCl2N3OS. The van der Waals surface area contributed by atoms with E-state index in [9.17, 15) is 4.79 Å². The van der Waals surface area contributed by atoms with Crippen LogP contribution in [0.15, 0.2) is 46.9 Å². The Balaban J connectivity index is 1.86. The van der Waals surface area contributed by atoms with Crippen molar-refractivity contribution in [1.82, 2.24) is 10.2 Å². The van der Waals surface area contributed by atoms with Gasteiger partial charge in [-0.25, -0.2) is 0 Å². The van der Waals surface area contributed by atoms with E-state index < -0.39 is 0 Å². The topological polar surface area (TPSA) is 46.1 Å². The van der Waals surface area contributed by atoms with Crippen LogP contribution in [-0.2, 0) is 0 Å². The number of amides is 1. The summed E-state index contributed by atoms with van der Waals surface area (Å²) in [5.41, 5.74) is 1.30. The molecule has 3 rings (SSSR count). The zero-order chi connectivity index (χ0) is 17.3. The van der Waals surface area contributed by atoms with Crippen LogP contribution in [0.3, 0.4) is 0 Å². The molecule has 0 aliphatic carbocycles.